The number of carbonyl (C=O) groups is 1. The molecule has 166 valence electrons. The van der Waals surface area contributed by atoms with Gasteiger partial charge in [0.25, 0.3) is 5.91 Å². The second-order valence-electron chi connectivity index (χ2n) is 7.38. The molecule has 1 fully saturated rings. The Bertz CT molecular complexity index is 1390. The van der Waals surface area contributed by atoms with Crippen LogP contribution in [0.3, 0.4) is 0 Å². The van der Waals surface area contributed by atoms with Crippen LogP contribution in [0.5, 0.6) is 5.75 Å². The standard InChI is InChI=1S/C22H20N2O6S2/c25-21-13-16(10-11-20(21)24-14-22(26)23-32(24,29)30)12-17-6-4-5-7-18(17)15-31(27,28)19-8-2-1-3-9-19/h1-11,13,25H,12,14-15H2,(H,23,26). The fourth-order valence-corrected chi connectivity index (χ4v) is 6.15. The van der Waals surface area contributed by atoms with Crippen molar-refractivity contribution in [3.8, 4) is 5.75 Å². The molecule has 4 rings (SSSR count). The molecule has 3 aromatic rings. The normalized spacial score (nSPS) is 15.5. The first-order valence-electron chi connectivity index (χ1n) is 9.65. The molecular formula is C22H20N2O6S2. The van der Waals surface area contributed by atoms with Crippen molar-refractivity contribution in [1.29, 1.82) is 0 Å². The highest BCUT2D eigenvalue weighted by molar-refractivity contribution is 7.92. The zero-order valence-corrected chi connectivity index (χ0v) is 18.4. The van der Waals surface area contributed by atoms with Gasteiger partial charge in [-0.1, -0.05) is 48.5 Å². The van der Waals surface area contributed by atoms with Crippen LogP contribution in [0, 0.1) is 0 Å². The van der Waals surface area contributed by atoms with E-state index < -0.39 is 32.5 Å². The number of sulfone groups is 1. The predicted molar refractivity (Wildman–Crippen MR) is 119 cm³/mol. The first-order valence-corrected chi connectivity index (χ1v) is 12.7. The van der Waals surface area contributed by atoms with Crippen molar-refractivity contribution in [2.45, 2.75) is 17.1 Å². The van der Waals surface area contributed by atoms with E-state index in [1.807, 2.05) is 10.8 Å². The van der Waals surface area contributed by atoms with Gasteiger partial charge in [0.15, 0.2) is 9.84 Å². The number of hydrogen-bond donors (Lipinski definition) is 2. The number of aromatic hydroxyl groups is 1. The molecule has 1 aliphatic rings. The summed E-state index contributed by atoms with van der Waals surface area (Å²) in [6.07, 6.45) is 0.332. The number of benzene rings is 3. The van der Waals surface area contributed by atoms with Gasteiger partial charge in [0.1, 0.15) is 12.3 Å². The lowest BCUT2D eigenvalue weighted by Crippen LogP contribution is -2.29. The summed E-state index contributed by atoms with van der Waals surface area (Å²) in [7, 11) is -7.56. The maximum Gasteiger partial charge on any atom is 0.326 e. The molecule has 0 radical (unpaired) electrons. The molecule has 0 aliphatic carbocycles. The van der Waals surface area contributed by atoms with Gasteiger partial charge in [-0.25, -0.2) is 17.4 Å². The Morgan fingerprint density at radius 1 is 0.938 bits per heavy atom. The summed E-state index contributed by atoms with van der Waals surface area (Å²) in [6, 6.07) is 19.8. The summed E-state index contributed by atoms with van der Waals surface area (Å²) >= 11 is 0. The molecule has 32 heavy (non-hydrogen) atoms. The highest BCUT2D eigenvalue weighted by Gasteiger charge is 2.35. The van der Waals surface area contributed by atoms with E-state index in [1.54, 1.807) is 54.6 Å². The third-order valence-corrected chi connectivity index (χ3v) is 8.16. The van der Waals surface area contributed by atoms with Crippen molar-refractivity contribution < 1.29 is 26.7 Å². The number of phenols is 1. The highest BCUT2D eigenvalue weighted by atomic mass is 32.2. The second-order valence-corrected chi connectivity index (χ2v) is 11.0. The summed E-state index contributed by atoms with van der Waals surface area (Å²) in [5.41, 5.74) is 2.06. The molecular weight excluding hydrogens is 452 g/mol. The molecule has 0 unspecified atom stereocenters. The third kappa shape index (κ3) is 4.46. The molecule has 1 aliphatic heterocycles. The summed E-state index contributed by atoms with van der Waals surface area (Å²) < 4.78 is 52.3. The minimum Gasteiger partial charge on any atom is -0.506 e. The van der Waals surface area contributed by atoms with Gasteiger partial charge in [-0.05, 0) is 47.4 Å². The van der Waals surface area contributed by atoms with E-state index in [9.17, 15) is 26.7 Å². The fraction of sp³-hybridized carbons (Fsp3) is 0.136. The first-order chi connectivity index (χ1) is 15.2. The van der Waals surface area contributed by atoms with E-state index in [0.29, 0.717) is 17.5 Å². The number of phenolic OH excluding ortho intramolecular Hbond substituents is 1. The number of nitrogens with zero attached hydrogens (tertiary/aromatic N) is 1. The molecule has 0 bridgehead atoms. The Balaban J connectivity index is 1.60. The van der Waals surface area contributed by atoms with Crippen molar-refractivity contribution in [3.63, 3.8) is 0 Å². The van der Waals surface area contributed by atoms with Crippen LogP contribution in [-0.2, 0) is 37.0 Å². The van der Waals surface area contributed by atoms with Gasteiger partial charge in [-0.3, -0.25) is 4.79 Å². The van der Waals surface area contributed by atoms with Gasteiger partial charge in [0, 0.05) is 0 Å². The smallest absolute Gasteiger partial charge is 0.326 e. The Morgan fingerprint density at radius 2 is 1.59 bits per heavy atom. The molecule has 10 heteroatoms. The van der Waals surface area contributed by atoms with Gasteiger partial charge in [0.05, 0.1) is 16.3 Å². The molecule has 1 saturated heterocycles. The number of nitrogens with one attached hydrogen (secondary N) is 1. The Labute approximate surface area is 186 Å². The summed E-state index contributed by atoms with van der Waals surface area (Å²) in [5.74, 6) is -1.14. The van der Waals surface area contributed by atoms with Crippen molar-refractivity contribution >= 4 is 31.6 Å². The molecule has 2 N–H and O–H groups in total. The zero-order chi connectivity index (χ0) is 22.9. The molecule has 1 heterocycles. The van der Waals surface area contributed by atoms with E-state index >= 15 is 0 Å². The minimum absolute atomic E-state index is 0.00737. The number of amides is 1. The SMILES string of the molecule is O=C1CN(c2ccc(Cc3ccccc3CS(=O)(=O)c3ccccc3)cc2O)S(=O)(=O)N1. The van der Waals surface area contributed by atoms with Crippen LogP contribution in [0.15, 0.2) is 77.7 Å². The fourth-order valence-electron chi connectivity index (χ4n) is 3.56. The third-order valence-electron chi connectivity index (χ3n) is 5.09. The van der Waals surface area contributed by atoms with Gasteiger partial charge in [-0.15, -0.1) is 0 Å². The van der Waals surface area contributed by atoms with Crippen LogP contribution < -0.4 is 9.03 Å². The summed E-state index contributed by atoms with van der Waals surface area (Å²) in [6.45, 7) is -0.407. The van der Waals surface area contributed by atoms with Crippen LogP contribution in [0.25, 0.3) is 0 Å². The van der Waals surface area contributed by atoms with Crippen LogP contribution in [-0.4, -0.2) is 34.4 Å². The average Bonchev–Trinajstić information content (AvgIpc) is 3.02. The largest absolute Gasteiger partial charge is 0.506 e. The van der Waals surface area contributed by atoms with Crippen molar-refractivity contribution in [2.75, 3.05) is 10.8 Å². The van der Waals surface area contributed by atoms with E-state index in [0.717, 1.165) is 9.87 Å². The number of anilines is 1. The van der Waals surface area contributed by atoms with E-state index in [1.165, 1.54) is 12.1 Å². The summed E-state index contributed by atoms with van der Waals surface area (Å²) in [4.78, 5) is 11.7. The van der Waals surface area contributed by atoms with Gasteiger partial charge in [-0.2, -0.15) is 8.42 Å². The van der Waals surface area contributed by atoms with E-state index in [4.69, 9.17) is 0 Å². The van der Waals surface area contributed by atoms with Gasteiger partial charge >= 0.3 is 10.2 Å². The first kappa shape index (κ1) is 21.8. The average molecular weight is 473 g/mol. The highest BCUT2D eigenvalue weighted by Crippen LogP contribution is 2.32. The lowest BCUT2D eigenvalue weighted by atomic mass is 10.00. The van der Waals surface area contributed by atoms with Crippen LogP contribution in [0.4, 0.5) is 5.69 Å². The van der Waals surface area contributed by atoms with Gasteiger partial charge < -0.3 is 5.11 Å². The Kier molecular flexibility index (Phi) is 5.66. The van der Waals surface area contributed by atoms with Crippen molar-refractivity contribution in [2.24, 2.45) is 0 Å². The van der Waals surface area contributed by atoms with E-state index in [-0.39, 0.29) is 22.1 Å². The van der Waals surface area contributed by atoms with Crippen LogP contribution >= 0.6 is 0 Å². The van der Waals surface area contributed by atoms with Crippen LogP contribution in [0.1, 0.15) is 16.7 Å². The second kappa shape index (κ2) is 8.29. The van der Waals surface area contributed by atoms with Crippen LogP contribution in [0.2, 0.25) is 0 Å². The topological polar surface area (TPSA) is 121 Å². The van der Waals surface area contributed by atoms with Crippen molar-refractivity contribution in [1.82, 2.24) is 4.72 Å². The lowest BCUT2D eigenvalue weighted by molar-refractivity contribution is -0.117. The molecule has 8 nitrogen and oxygen atoms in total. The summed E-state index contributed by atoms with van der Waals surface area (Å²) in [5, 5.41) is 10.4. The molecule has 0 atom stereocenters. The number of hydrogen-bond acceptors (Lipinski definition) is 6. The quantitative estimate of drug-likeness (QED) is 0.567. The zero-order valence-electron chi connectivity index (χ0n) is 16.8. The molecule has 0 aromatic heterocycles. The van der Waals surface area contributed by atoms with Gasteiger partial charge in [0.2, 0.25) is 0 Å². The molecule has 0 saturated carbocycles. The maximum atomic E-state index is 12.8. The lowest BCUT2D eigenvalue weighted by Gasteiger charge is -2.17. The minimum atomic E-state index is -4.03. The van der Waals surface area contributed by atoms with E-state index in [2.05, 4.69) is 0 Å². The molecule has 3 aromatic carbocycles. The monoisotopic (exact) mass is 472 g/mol. The molecule has 0 spiro atoms. The predicted octanol–water partition coefficient (Wildman–Crippen LogP) is 2.14. The molecule has 1 amide bonds. The number of carbonyl (C=O) groups excluding carboxylic acids is 1. The Hall–Kier alpha value is -3.37. The number of rotatable bonds is 6. The maximum absolute atomic E-state index is 12.8. The van der Waals surface area contributed by atoms with Crippen molar-refractivity contribution in [3.05, 3.63) is 89.5 Å². The Morgan fingerprint density at radius 3 is 2.22 bits per heavy atom.